The second-order valence-corrected chi connectivity index (χ2v) is 3.70. The van der Waals surface area contributed by atoms with E-state index in [1.54, 1.807) is 13.8 Å². The number of Topliss-reactive ketones (excluding diaryl/α,β-unsaturated/α-hetero) is 2. The van der Waals surface area contributed by atoms with Gasteiger partial charge in [-0.3, -0.25) is 9.59 Å². The van der Waals surface area contributed by atoms with Crippen molar-refractivity contribution < 1.29 is 14.7 Å². The monoisotopic (exact) mass is 186 g/mol. The van der Waals surface area contributed by atoms with Crippen LogP contribution in [0.25, 0.3) is 0 Å². The van der Waals surface area contributed by atoms with Gasteiger partial charge < -0.3 is 5.11 Å². The van der Waals surface area contributed by atoms with Crippen molar-refractivity contribution in [2.45, 2.75) is 40.2 Å². The Hall–Kier alpha value is -0.700. The number of carbonyl (C=O) groups excluding carboxylic acids is 2. The van der Waals surface area contributed by atoms with Gasteiger partial charge in [-0.25, -0.2) is 0 Å². The lowest BCUT2D eigenvalue weighted by atomic mass is 9.84. The molecule has 0 saturated carbocycles. The summed E-state index contributed by atoms with van der Waals surface area (Å²) < 4.78 is 0. The van der Waals surface area contributed by atoms with E-state index in [1.807, 2.05) is 0 Å². The Balaban J connectivity index is 4.42. The predicted molar refractivity (Wildman–Crippen MR) is 50.3 cm³/mol. The lowest BCUT2D eigenvalue weighted by molar-refractivity contribution is -0.130. The van der Waals surface area contributed by atoms with Crippen LogP contribution in [0, 0.1) is 11.8 Å². The van der Waals surface area contributed by atoms with Crippen molar-refractivity contribution in [2.24, 2.45) is 11.8 Å². The van der Waals surface area contributed by atoms with Gasteiger partial charge in [-0.05, 0) is 27.2 Å². The molecule has 0 heterocycles. The van der Waals surface area contributed by atoms with Crippen molar-refractivity contribution in [3.05, 3.63) is 0 Å². The third-order valence-corrected chi connectivity index (χ3v) is 2.36. The fraction of sp³-hybridized carbons (Fsp3) is 0.800. The largest absolute Gasteiger partial charge is 0.393 e. The molecule has 0 fully saturated rings. The molecule has 1 N–H and O–H groups in total. The maximum absolute atomic E-state index is 11.2. The number of hydrogen-bond donors (Lipinski definition) is 1. The Bertz CT molecular complexity index is 196. The molecule has 0 bridgehead atoms. The highest BCUT2D eigenvalue weighted by molar-refractivity contribution is 5.87. The maximum atomic E-state index is 11.2. The molecule has 0 saturated heterocycles. The van der Waals surface area contributed by atoms with Crippen LogP contribution in [0.4, 0.5) is 0 Å². The standard InChI is InChI=1S/C10H18O3/c1-6(11)5-10(9(4)13)7(2)8(3)12/h6-7,10-11H,5H2,1-4H3. The Kier molecular flexibility index (Phi) is 4.85. The zero-order valence-corrected chi connectivity index (χ0v) is 8.70. The number of ketones is 2. The SMILES string of the molecule is CC(=O)C(C)C(CC(C)O)C(C)=O. The van der Waals surface area contributed by atoms with E-state index in [4.69, 9.17) is 5.11 Å². The first kappa shape index (κ1) is 12.3. The van der Waals surface area contributed by atoms with Gasteiger partial charge in [0, 0.05) is 11.8 Å². The molecule has 3 unspecified atom stereocenters. The highest BCUT2D eigenvalue weighted by atomic mass is 16.3. The van der Waals surface area contributed by atoms with Crippen LogP contribution in [0.15, 0.2) is 0 Å². The van der Waals surface area contributed by atoms with E-state index in [2.05, 4.69) is 0 Å². The van der Waals surface area contributed by atoms with E-state index in [9.17, 15) is 9.59 Å². The molecule has 0 amide bonds. The summed E-state index contributed by atoms with van der Waals surface area (Å²) in [5.41, 5.74) is 0. The topological polar surface area (TPSA) is 54.4 Å². The summed E-state index contributed by atoms with van der Waals surface area (Å²) in [5, 5.41) is 9.14. The second-order valence-electron chi connectivity index (χ2n) is 3.70. The molecular formula is C10H18O3. The van der Waals surface area contributed by atoms with Gasteiger partial charge in [0.1, 0.15) is 11.6 Å². The third kappa shape index (κ3) is 4.18. The molecule has 0 aromatic heterocycles. The van der Waals surface area contributed by atoms with Crippen LogP contribution in [0.2, 0.25) is 0 Å². The minimum absolute atomic E-state index is 0.000787. The average Bonchev–Trinajstić information content (AvgIpc) is 1.97. The van der Waals surface area contributed by atoms with E-state index in [0.29, 0.717) is 6.42 Å². The average molecular weight is 186 g/mol. The lowest BCUT2D eigenvalue weighted by Gasteiger charge is -2.20. The summed E-state index contributed by atoms with van der Waals surface area (Å²) in [5.74, 6) is -0.644. The van der Waals surface area contributed by atoms with Crippen LogP contribution in [-0.4, -0.2) is 22.8 Å². The molecule has 76 valence electrons. The minimum atomic E-state index is -0.532. The number of aliphatic hydroxyl groups excluding tert-OH is 1. The van der Waals surface area contributed by atoms with Gasteiger partial charge in [-0.1, -0.05) is 6.92 Å². The summed E-state index contributed by atoms with van der Waals surface area (Å²) in [4.78, 5) is 22.2. The molecule has 0 aliphatic rings. The van der Waals surface area contributed by atoms with Crippen molar-refractivity contribution in [3.8, 4) is 0 Å². The molecule has 3 heteroatoms. The molecule has 0 radical (unpaired) electrons. The molecule has 0 aliphatic heterocycles. The summed E-state index contributed by atoms with van der Waals surface area (Å²) in [6.07, 6.45) is -0.161. The minimum Gasteiger partial charge on any atom is -0.393 e. The highest BCUT2D eigenvalue weighted by Crippen LogP contribution is 2.19. The van der Waals surface area contributed by atoms with E-state index >= 15 is 0 Å². The Morgan fingerprint density at radius 1 is 1.15 bits per heavy atom. The van der Waals surface area contributed by atoms with Crippen LogP contribution in [0.1, 0.15) is 34.1 Å². The van der Waals surface area contributed by atoms with Crippen LogP contribution in [0.5, 0.6) is 0 Å². The van der Waals surface area contributed by atoms with Gasteiger partial charge in [-0.15, -0.1) is 0 Å². The van der Waals surface area contributed by atoms with Gasteiger partial charge in [0.05, 0.1) is 6.10 Å². The van der Waals surface area contributed by atoms with Gasteiger partial charge in [0.15, 0.2) is 0 Å². The Morgan fingerprint density at radius 3 is 1.85 bits per heavy atom. The molecule has 0 aromatic carbocycles. The fourth-order valence-corrected chi connectivity index (χ4v) is 1.37. The molecular weight excluding hydrogens is 168 g/mol. The molecule has 3 nitrogen and oxygen atoms in total. The van der Waals surface area contributed by atoms with E-state index in [0.717, 1.165) is 0 Å². The molecule has 0 rings (SSSR count). The first-order valence-corrected chi connectivity index (χ1v) is 4.55. The van der Waals surface area contributed by atoms with Crippen molar-refractivity contribution in [1.82, 2.24) is 0 Å². The van der Waals surface area contributed by atoms with Gasteiger partial charge in [-0.2, -0.15) is 0 Å². The number of aliphatic hydroxyl groups is 1. The van der Waals surface area contributed by atoms with Crippen LogP contribution < -0.4 is 0 Å². The van der Waals surface area contributed by atoms with Gasteiger partial charge in [0.25, 0.3) is 0 Å². The molecule has 13 heavy (non-hydrogen) atoms. The number of carbonyl (C=O) groups is 2. The summed E-state index contributed by atoms with van der Waals surface area (Å²) >= 11 is 0. The van der Waals surface area contributed by atoms with Crippen molar-refractivity contribution in [1.29, 1.82) is 0 Å². The zero-order valence-electron chi connectivity index (χ0n) is 8.70. The van der Waals surface area contributed by atoms with Crippen LogP contribution >= 0.6 is 0 Å². The van der Waals surface area contributed by atoms with Crippen molar-refractivity contribution in [2.75, 3.05) is 0 Å². The fourth-order valence-electron chi connectivity index (χ4n) is 1.37. The van der Waals surface area contributed by atoms with Gasteiger partial charge >= 0.3 is 0 Å². The lowest BCUT2D eigenvalue weighted by Crippen LogP contribution is -2.27. The van der Waals surface area contributed by atoms with E-state index in [1.165, 1.54) is 13.8 Å². The zero-order chi connectivity index (χ0) is 10.6. The van der Waals surface area contributed by atoms with Crippen LogP contribution in [0.3, 0.4) is 0 Å². The summed E-state index contributed by atoms with van der Waals surface area (Å²) in [7, 11) is 0. The first-order valence-electron chi connectivity index (χ1n) is 4.55. The van der Waals surface area contributed by atoms with Crippen molar-refractivity contribution >= 4 is 11.6 Å². The molecule has 0 aromatic rings. The van der Waals surface area contributed by atoms with E-state index in [-0.39, 0.29) is 23.4 Å². The quantitative estimate of drug-likeness (QED) is 0.701. The molecule has 0 aliphatic carbocycles. The maximum Gasteiger partial charge on any atom is 0.133 e. The van der Waals surface area contributed by atoms with E-state index < -0.39 is 6.10 Å². The van der Waals surface area contributed by atoms with Crippen LogP contribution in [-0.2, 0) is 9.59 Å². The second kappa shape index (κ2) is 5.12. The van der Waals surface area contributed by atoms with Crippen molar-refractivity contribution in [3.63, 3.8) is 0 Å². The summed E-state index contributed by atoms with van der Waals surface area (Å²) in [6, 6.07) is 0. The molecule has 3 atom stereocenters. The Morgan fingerprint density at radius 2 is 1.62 bits per heavy atom. The summed E-state index contributed by atoms with van der Waals surface area (Å²) in [6.45, 7) is 6.30. The molecule has 0 spiro atoms. The normalized spacial score (nSPS) is 17.6. The first-order chi connectivity index (χ1) is 5.86. The number of hydrogen-bond acceptors (Lipinski definition) is 3. The third-order valence-electron chi connectivity index (χ3n) is 2.36. The number of rotatable bonds is 5. The smallest absolute Gasteiger partial charge is 0.133 e. The predicted octanol–water partition coefficient (Wildman–Crippen LogP) is 1.19. The Labute approximate surface area is 79.1 Å². The van der Waals surface area contributed by atoms with Gasteiger partial charge in [0.2, 0.25) is 0 Å². The highest BCUT2D eigenvalue weighted by Gasteiger charge is 2.26.